The number of hydrogen-bond acceptors (Lipinski definition) is 7. The maximum Gasteiger partial charge on any atom is 0.274 e. The van der Waals surface area contributed by atoms with E-state index >= 15 is 0 Å². The average molecular weight is 498 g/mol. The number of carbonyl (C=O) groups is 1. The highest BCUT2D eigenvalue weighted by Crippen LogP contribution is 2.24. The minimum Gasteiger partial charge on any atom is -0.301 e. The quantitative estimate of drug-likeness (QED) is 0.494. The van der Waals surface area contributed by atoms with Crippen LogP contribution in [0.2, 0.25) is 5.02 Å². The van der Waals surface area contributed by atoms with Gasteiger partial charge in [-0.1, -0.05) is 51.4 Å². The van der Waals surface area contributed by atoms with Crippen LogP contribution in [0.5, 0.6) is 0 Å². The van der Waals surface area contributed by atoms with Gasteiger partial charge >= 0.3 is 0 Å². The van der Waals surface area contributed by atoms with E-state index in [0.29, 0.717) is 18.2 Å². The number of likely N-dealkylation sites (tertiary alicyclic amines) is 1. The molecule has 0 radical (unpaired) electrons. The van der Waals surface area contributed by atoms with Crippen molar-refractivity contribution in [2.75, 3.05) is 37.7 Å². The van der Waals surface area contributed by atoms with E-state index in [1.165, 1.54) is 29.6 Å². The fraction of sp³-hybridized carbons (Fsp3) is 0.538. The van der Waals surface area contributed by atoms with Crippen LogP contribution in [0.4, 0.5) is 5.82 Å². The predicted molar refractivity (Wildman–Crippen MR) is 139 cm³/mol. The predicted octanol–water partition coefficient (Wildman–Crippen LogP) is 4.12. The van der Waals surface area contributed by atoms with Gasteiger partial charge in [-0.25, -0.2) is 15.4 Å². The van der Waals surface area contributed by atoms with E-state index in [0.717, 1.165) is 32.7 Å². The number of rotatable bonds is 10. The summed E-state index contributed by atoms with van der Waals surface area (Å²) in [7, 11) is 0. The molecule has 0 saturated carbocycles. The Morgan fingerprint density at radius 3 is 2.46 bits per heavy atom. The summed E-state index contributed by atoms with van der Waals surface area (Å²) in [6.45, 7) is 14.3. The van der Waals surface area contributed by atoms with E-state index in [2.05, 4.69) is 39.0 Å². The van der Waals surface area contributed by atoms with Crippen molar-refractivity contribution in [1.29, 1.82) is 5.26 Å². The first-order valence-electron chi connectivity index (χ1n) is 12.4. The second kappa shape index (κ2) is 12.9. The molecule has 3 rings (SSSR count). The molecule has 0 atom stereocenters. The molecule has 1 fully saturated rings. The molecule has 0 bridgehead atoms. The van der Waals surface area contributed by atoms with Gasteiger partial charge in [0.25, 0.3) is 5.91 Å². The summed E-state index contributed by atoms with van der Waals surface area (Å²) in [4.78, 5) is 26.5. The van der Waals surface area contributed by atoms with Crippen LogP contribution in [0.1, 0.15) is 62.3 Å². The summed E-state index contributed by atoms with van der Waals surface area (Å²) >= 11 is 6.30. The number of piperidine rings is 1. The Hall–Kier alpha value is -2.57. The van der Waals surface area contributed by atoms with Crippen molar-refractivity contribution in [3.8, 4) is 6.07 Å². The summed E-state index contributed by atoms with van der Waals surface area (Å²) in [6, 6.07) is 10.3. The maximum atomic E-state index is 13.4. The Morgan fingerprint density at radius 2 is 1.89 bits per heavy atom. The second-order valence-electron chi connectivity index (χ2n) is 9.30. The molecule has 0 aliphatic carbocycles. The monoisotopic (exact) mass is 497 g/mol. The molecule has 1 aliphatic heterocycles. The van der Waals surface area contributed by atoms with Crippen LogP contribution in [0.15, 0.2) is 30.5 Å². The van der Waals surface area contributed by atoms with Crippen molar-refractivity contribution < 1.29 is 4.79 Å². The minimum atomic E-state index is -0.290. The molecule has 0 unspecified atom stereocenters. The number of nitrogens with zero attached hydrogens (tertiary/aromatic N) is 6. The van der Waals surface area contributed by atoms with Gasteiger partial charge in [0.1, 0.15) is 11.1 Å². The van der Waals surface area contributed by atoms with Gasteiger partial charge in [-0.15, -0.1) is 0 Å². The van der Waals surface area contributed by atoms with Crippen molar-refractivity contribution >= 4 is 23.3 Å². The maximum absolute atomic E-state index is 13.4. The fourth-order valence-electron chi connectivity index (χ4n) is 4.41. The zero-order chi connectivity index (χ0) is 25.4. The first-order valence-corrected chi connectivity index (χ1v) is 12.8. The lowest BCUT2D eigenvalue weighted by Gasteiger charge is -2.37. The third kappa shape index (κ3) is 7.21. The standard InChI is InChI=1S/C26H36ClN7O/c1-5-33(6-2)22-11-13-32(14-12-22)18-20-7-9-21(10-8-20)26(35)34(30-16-19(3)4)25-23(27)17-29-24(15-28)31-25/h7-10,17,19,22,30H,5-6,11-14,16,18H2,1-4H3. The molecular weight excluding hydrogens is 462 g/mol. The zero-order valence-corrected chi connectivity index (χ0v) is 21.9. The summed E-state index contributed by atoms with van der Waals surface area (Å²) < 4.78 is 0. The molecular formula is C26H36ClN7O. The second-order valence-corrected chi connectivity index (χ2v) is 9.71. The third-order valence-corrected chi connectivity index (χ3v) is 6.66. The van der Waals surface area contributed by atoms with Crippen molar-refractivity contribution in [2.45, 2.75) is 53.1 Å². The highest BCUT2D eigenvalue weighted by atomic mass is 35.5. The molecule has 1 aliphatic rings. The van der Waals surface area contributed by atoms with Crippen molar-refractivity contribution in [3.63, 3.8) is 0 Å². The van der Waals surface area contributed by atoms with Crippen molar-refractivity contribution in [2.24, 2.45) is 5.92 Å². The van der Waals surface area contributed by atoms with E-state index < -0.39 is 0 Å². The molecule has 1 aromatic carbocycles. The Bertz CT molecular complexity index is 1010. The van der Waals surface area contributed by atoms with Gasteiger partial charge in [-0.3, -0.25) is 9.69 Å². The Morgan fingerprint density at radius 1 is 1.23 bits per heavy atom. The summed E-state index contributed by atoms with van der Waals surface area (Å²) in [5.41, 5.74) is 4.81. The van der Waals surface area contributed by atoms with Gasteiger partial charge in [0.05, 0.1) is 6.20 Å². The third-order valence-electron chi connectivity index (χ3n) is 6.39. The van der Waals surface area contributed by atoms with Crippen LogP contribution < -0.4 is 10.4 Å². The van der Waals surface area contributed by atoms with E-state index in [1.54, 1.807) is 0 Å². The zero-order valence-electron chi connectivity index (χ0n) is 21.2. The number of carbonyl (C=O) groups excluding carboxylic acids is 1. The lowest BCUT2D eigenvalue weighted by Crippen LogP contribution is -2.45. The number of hydrazine groups is 1. The first kappa shape index (κ1) is 27.0. The molecule has 1 N–H and O–H groups in total. The average Bonchev–Trinajstić information content (AvgIpc) is 2.87. The van der Waals surface area contributed by atoms with Crippen molar-refractivity contribution in [1.82, 2.24) is 25.2 Å². The Labute approximate surface area is 213 Å². The number of aromatic nitrogens is 2. The van der Waals surface area contributed by atoms with E-state index in [-0.39, 0.29) is 28.5 Å². The summed E-state index contributed by atoms with van der Waals surface area (Å²) in [5.74, 6) is 0.119. The van der Waals surface area contributed by atoms with Crippen LogP contribution in [0.25, 0.3) is 0 Å². The molecule has 9 heteroatoms. The minimum absolute atomic E-state index is 0.0475. The molecule has 1 saturated heterocycles. The van der Waals surface area contributed by atoms with Crippen LogP contribution in [0, 0.1) is 17.2 Å². The summed E-state index contributed by atoms with van der Waals surface area (Å²) in [5, 5.41) is 10.7. The fourth-order valence-corrected chi connectivity index (χ4v) is 4.58. The van der Waals surface area contributed by atoms with Gasteiger partial charge in [-0.2, -0.15) is 10.2 Å². The van der Waals surface area contributed by atoms with Gasteiger partial charge in [0, 0.05) is 24.7 Å². The lowest BCUT2D eigenvalue weighted by atomic mass is 10.0. The van der Waals surface area contributed by atoms with Gasteiger partial charge in [0.2, 0.25) is 5.82 Å². The van der Waals surface area contributed by atoms with Crippen LogP contribution in [0.3, 0.4) is 0 Å². The molecule has 1 amide bonds. The SMILES string of the molecule is CCN(CC)C1CCN(Cc2ccc(C(=O)N(NCC(C)C)c3nc(C#N)ncc3Cl)cc2)CC1. The van der Waals surface area contributed by atoms with E-state index in [9.17, 15) is 10.1 Å². The highest BCUT2D eigenvalue weighted by Gasteiger charge is 2.24. The number of benzene rings is 1. The van der Waals surface area contributed by atoms with Crippen LogP contribution in [-0.2, 0) is 6.54 Å². The van der Waals surface area contributed by atoms with Crippen molar-refractivity contribution in [3.05, 3.63) is 52.4 Å². The van der Waals surface area contributed by atoms with Gasteiger partial charge < -0.3 is 4.90 Å². The smallest absolute Gasteiger partial charge is 0.274 e. The Balaban J connectivity index is 1.69. The van der Waals surface area contributed by atoms with Gasteiger partial charge in [-0.05, 0) is 62.6 Å². The van der Waals surface area contributed by atoms with Crippen LogP contribution in [-0.4, -0.2) is 64.4 Å². The molecule has 0 spiro atoms. The molecule has 8 nitrogen and oxygen atoms in total. The number of halogens is 1. The number of anilines is 1. The Kier molecular flexibility index (Phi) is 9.99. The topological polar surface area (TPSA) is 88.4 Å². The van der Waals surface area contributed by atoms with Crippen LogP contribution >= 0.6 is 11.6 Å². The van der Waals surface area contributed by atoms with Gasteiger partial charge in [0.15, 0.2) is 5.82 Å². The summed E-state index contributed by atoms with van der Waals surface area (Å²) in [6.07, 6.45) is 3.73. The molecule has 1 aromatic heterocycles. The highest BCUT2D eigenvalue weighted by molar-refractivity contribution is 6.33. The lowest BCUT2D eigenvalue weighted by molar-refractivity contribution is 0.0971. The molecule has 2 aromatic rings. The largest absolute Gasteiger partial charge is 0.301 e. The number of nitrogens with one attached hydrogen (secondary N) is 1. The normalized spacial score (nSPS) is 14.9. The molecule has 2 heterocycles. The first-order chi connectivity index (χ1) is 16.9. The number of hydrogen-bond donors (Lipinski definition) is 1. The van der Waals surface area contributed by atoms with E-state index in [1.807, 2.05) is 44.2 Å². The number of amides is 1. The molecule has 188 valence electrons. The molecule has 35 heavy (non-hydrogen) atoms. The number of nitriles is 1. The van der Waals surface area contributed by atoms with E-state index in [4.69, 9.17) is 11.6 Å².